The number of nitro benzene ring substituents is 1. The Morgan fingerprint density at radius 3 is 2.80 bits per heavy atom. The van der Waals surface area contributed by atoms with E-state index >= 15 is 0 Å². The molecule has 106 valence electrons. The highest BCUT2D eigenvalue weighted by molar-refractivity contribution is 7.89. The van der Waals surface area contributed by atoms with Crippen LogP contribution in [0.3, 0.4) is 0 Å². The topological polar surface area (TPSA) is 131 Å². The van der Waals surface area contributed by atoms with Crippen LogP contribution in [0, 0.1) is 15.9 Å². The second-order valence-corrected chi connectivity index (χ2v) is 5.39. The summed E-state index contributed by atoms with van der Waals surface area (Å²) in [6, 6.07) is 2.31. The maximum Gasteiger partial charge on any atom is 0.306 e. The first-order valence-corrected chi connectivity index (χ1v) is 6.66. The van der Waals surface area contributed by atoms with E-state index in [2.05, 4.69) is 19.9 Å². The first kappa shape index (κ1) is 14.0. The zero-order valence-corrected chi connectivity index (χ0v) is 10.6. The van der Waals surface area contributed by atoms with Crippen molar-refractivity contribution in [2.75, 3.05) is 0 Å². The van der Waals surface area contributed by atoms with Crippen molar-refractivity contribution < 1.29 is 17.7 Å². The van der Waals surface area contributed by atoms with Gasteiger partial charge in [0.1, 0.15) is 12.2 Å². The summed E-state index contributed by atoms with van der Waals surface area (Å²) in [6.07, 6.45) is 1.20. The highest BCUT2D eigenvalue weighted by Gasteiger charge is 2.21. The Hall–Kier alpha value is -2.40. The lowest BCUT2D eigenvalue weighted by Crippen LogP contribution is -2.24. The van der Waals surface area contributed by atoms with E-state index in [1.807, 2.05) is 0 Å². The molecule has 0 fully saturated rings. The van der Waals surface area contributed by atoms with Gasteiger partial charge in [-0.1, -0.05) is 0 Å². The largest absolute Gasteiger partial charge is 0.306 e. The monoisotopic (exact) mass is 301 g/mol. The highest BCUT2D eigenvalue weighted by Crippen LogP contribution is 2.21. The number of nitro groups is 1. The molecule has 0 saturated heterocycles. The predicted octanol–water partition coefficient (Wildman–Crippen LogP) is 0.330. The summed E-state index contributed by atoms with van der Waals surface area (Å²) in [4.78, 5) is 12.9. The smallest absolute Gasteiger partial charge is 0.262 e. The van der Waals surface area contributed by atoms with E-state index in [1.165, 1.54) is 6.33 Å². The van der Waals surface area contributed by atoms with Crippen LogP contribution in [0.25, 0.3) is 0 Å². The minimum absolute atomic E-state index is 0.173. The summed E-state index contributed by atoms with van der Waals surface area (Å²) in [5, 5.41) is 16.6. The van der Waals surface area contributed by atoms with Crippen molar-refractivity contribution >= 4 is 15.7 Å². The summed E-state index contributed by atoms with van der Waals surface area (Å²) in [6.45, 7) is -0.173. The molecule has 0 aliphatic rings. The summed E-state index contributed by atoms with van der Waals surface area (Å²) >= 11 is 0. The Bertz CT molecular complexity index is 731. The van der Waals surface area contributed by atoms with Gasteiger partial charge in [0.05, 0.1) is 16.4 Å². The van der Waals surface area contributed by atoms with Crippen molar-refractivity contribution in [3.63, 3.8) is 0 Å². The third kappa shape index (κ3) is 2.95. The molecule has 11 heteroatoms. The molecule has 2 N–H and O–H groups in total. The van der Waals surface area contributed by atoms with E-state index < -0.39 is 31.3 Å². The van der Waals surface area contributed by atoms with Crippen molar-refractivity contribution in [1.29, 1.82) is 0 Å². The number of hydrogen-bond acceptors (Lipinski definition) is 6. The fourth-order valence-corrected chi connectivity index (χ4v) is 2.37. The number of benzene rings is 1. The molecule has 1 heterocycles. The molecular weight excluding hydrogens is 293 g/mol. The first-order valence-electron chi connectivity index (χ1n) is 5.18. The number of nitrogens with zero attached hydrogens (tertiary/aromatic N) is 3. The molecule has 0 bridgehead atoms. The average Bonchev–Trinajstić information content (AvgIpc) is 2.89. The van der Waals surface area contributed by atoms with Crippen molar-refractivity contribution in [1.82, 2.24) is 19.9 Å². The van der Waals surface area contributed by atoms with Crippen LogP contribution in [-0.4, -0.2) is 28.5 Å². The van der Waals surface area contributed by atoms with Gasteiger partial charge >= 0.3 is 5.69 Å². The highest BCUT2D eigenvalue weighted by atomic mass is 32.2. The van der Waals surface area contributed by atoms with Gasteiger partial charge in [0, 0.05) is 6.07 Å². The fourth-order valence-electron chi connectivity index (χ4n) is 1.36. The van der Waals surface area contributed by atoms with Gasteiger partial charge in [-0.05, 0) is 12.1 Å². The molecule has 20 heavy (non-hydrogen) atoms. The lowest BCUT2D eigenvalue weighted by atomic mass is 10.3. The number of hydrogen-bond donors (Lipinski definition) is 2. The number of sulfonamides is 1. The van der Waals surface area contributed by atoms with Crippen LogP contribution in [0.15, 0.2) is 29.4 Å². The molecule has 2 rings (SSSR count). The molecule has 0 spiro atoms. The molecule has 1 aromatic heterocycles. The van der Waals surface area contributed by atoms with Crippen LogP contribution >= 0.6 is 0 Å². The second kappa shape index (κ2) is 5.30. The summed E-state index contributed by atoms with van der Waals surface area (Å²) in [5.74, 6) is -0.839. The van der Waals surface area contributed by atoms with E-state index in [-0.39, 0.29) is 12.4 Å². The van der Waals surface area contributed by atoms with Crippen LogP contribution in [0.5, 0.6) is 0 Å². The molecule has 9 nitrogen and oxygen atoms in total. The summed E-state index contributed by atoms with van der Waals surface area (Å²) in [7, 11) is -4.02. The van der Waals surface area contributed by atoms with Gasteiger partial charge < -0.3 is 0 Å². The van der Waals surface area contributed by atoms with E-state index in [0.717, 1.165) is 12.1 Å². The molecule has 0 aliphatic carbocycles. The Labute approximate surface area is 112 Å². The van der Waals surface area contributed by atoms with E-state index in [4.69, 9.17) is 0 Å². The molecule has 0 unspecified atom stereocenters. The number of aromatic amines is 1. The second-order valence-electron chi connectivity index (χ2n) is 3.63. The third-order valence-electron chi connectivity index (χ3n) is 2.32. The Morgan fingerprint density at radius 2 is 2.20 bits per heavy atom. The van der Waals surface area contributed by atoms with Gasteiger partial charge in [-0.3, -0.25) is 15.2 Å². The number of H-pyrrole nitrogens is 1. The van der Waals surface area contributed by atoms with Crippen LogP contribution in [0.1, 0.15) is 5.82 Å². The predicted molar refractivity (Wildman–Crippen MR) is 63.5 cm³/mol. The molecule has 2 aromatic rings. The van der Waals surface area contributed by atoms with Crippen LogP contribution < -0.4 is 4.72 Å². The Kier molecular flexibility index (Phi) is 3.72. The maximum absolute atomic E-state index is 13.1. The molecule has 0 radical (unpaired) electrons. The van der Waals surface area contributed by atoms with Gasteiger partial charge in [0.25, 0.3) is 0 Å². The van der Waals surface area contributed by atoms with Gasteiger partial charge in [-0.15, -0.1) is 0 Å². The first-order chi connectivity index (χ1) is 9.40. The number of halogens is 1. The van der Waals surface area contributed by atoms with Crippen molar-refractivity contribution in [3.8, 4) is 0 Å². The Morgan fingerprint density at radius 1 is 1.45 bits per heavy atom. The zero-order valence-electron chi connectivity index (χ0n) is 9.78. The molecule has 0 aliphatic heterocycles. The summed E-state index contributed by atoms with van der Waals surface area (Å²) in [5.41, 5.74) is -0.910. The molecular formula is C9H8FN5O4S. The third-order valence-corrected chi connectivity index (χ3v) is 3.72. The average molecular weight is 301 g/mol. The Balaban J connectivity index is 2.25. The normalized spacial score (nSPS) is 11.4. The van der Waals surface area contributed by atoms with Crippen LogP contribution in [0.2, 0.25) is 0 Å². The standard InChI is InChI=1S/C9H8FN5O4S/c10-7-2-1-6(3-8(7)15(16)17)20(18,19)13-4-9-11-5-12-14-9/h1-3,5,13H,4H2,(H,11,12,14). The van der Waals surface area contributed by atoms with Crippen molar-refractivity contribution in [2.24, 2.45) is 0 Å². The van der Waals surface area contributed by atoms with Gasteiger partial charge in [-0.2, -0.15) is 9.49 Å². The van der Waals surface area contributed by atoms with Crippen LogP contribution in [-0.2, 0) is 16.6 Å². The summed E-state index contributed by atoms with van der Waals surface area (Å²) < 4.78 is 39.1. The molecule has 0 amide bonds. The van der Waals surface area contributed by atoms with E-state index in [9.17, 15) is 22.9 Å². The minimum Gasteiger partial charge on any atom is -0.262 e. The molecule has 1 aromatic carbocycles. The fraction of sp³-hybridized carbons (Fsp3) is 0.111. The number of rotatable bonds is 5. The van der Waals surface area contributed by atoms with E-state index in [1.54, 1.807) is 0 Å². The van der Waals surface area contributed by atoms with Gasteiger partial charge in [-0.25, -0.2) is 18.1 Å². The van der Waals surface area contributed by atoms with E-state index in [0.29, 0.717) is 6.07 Å². The van der Waals surface area contributed by atoms with Gasteiger partial charge in [0.2, 0.25) is 15.8 Å². The number of nitrogens with one attached hydrogen (secondary N) is 2. The zero-order chi connectivity index (χ0) is 14.8. The quantitative estimate of drug-likeness (QED) is 0.604. The molecule has 0 atom stereocenters. The number of aromatic nitrogens is 3. The van der Waals surface area contributed by atoms with Crippen LogP contribution in [0.4, 0.5) is 10.1 Å². The van der Waals surface area contributed by atoms with Gasteiger partial charge in [0.15, 0.2) is 0 Å². The van der Waals surface area contributed by atoms with Crippen molar-refractivity contribution in [2.45, 2.75) is 11.4 Å². The lowest BCUT2D eigenvalue weighted by Gasteiger charge is -2.05. The van der Waals surface area contributed by atoms with Crippen molar-refractivity contribution in [3.05, 3.63) is 46.3 Å². The molecule has 0 saturated carbocycles. The minimum atomic E-state index is -4.02. The SMILES string of the molecule is O=[N+]([O-])c1cc(S(=O)(=O)NCc2ncn[nH]2)ccc1F. The lowest BCUT2D eigenvalue weighted by molar-refractivity contribution is -0.387. The maximum atomic E-state index is 13.1.